The third-order valence-corrected chi connectivity index (χ3v) is 4.35. The molecule has 18 heavy (non-hydrogen) atoms. The summed E-state index contributed by atoms with van der Waals surface area (Å²) in [7, 11) is 1.53. The summed E-state index contributed by atoms with van der Waals surface area (Å²) in [5.41, 5.74) is 2.40. The standard InChI is InChI=1S/C15H20FNO/c1-3-7-17-13-6-4-5-10(13)11-8-12(16)15(18-2)9-14(11)17/h8-10,13H,3-7H2,1-2H3/t10-,13?/m1/s1. The molecular formula is C15H20FNO. The predicted molar refractivity (Wildman–Crippen MR) is 71.0 cm³/mol. The quantitative estimate of drug-likeness (QED) is 0.810. The number of halogens is 1. The summed E-state index contributed by atoms with van der Waals surface area (Å²) in [6.45, 7) is 3.26. The van der Waals surface area contributed by atoms with Gasteiger partial charge in [0.15, 0.2) is 11.6 Å². The molecule has 3 heteroatoms. The Morgan fingerprint density at radius 1 is 1.39 bits per heavy atom. The van der Waals surface area contributed by atoms with Crippen molar-refractivity contribution in [3.05, 3.63) is 23.5 Å². The van der Waals surface area contributed by atoms with Gasteiger partial charge in [0, 0.05) is 30.3 Å². The molecule has 0 N–H and O–H groups in total. The van der Waals surface area contributed by atoms with Crippen LogP contribution >= 0.6 is 0 Å². The van der Waals surface area contributed by atoms with Crippen molar-refractivity contribution in [3.63, 3.8) is 0 Å². The first-order chi connectivity index (χ1) is 8.76. The van der Waals surface area contributed by atoms with E-state index >= 15 is 0 Å². The summed E-state index contributed by atoms with van der Waals surface area (Å²) in [5.74, 6) is 0.682. The van der Waals surface area contributed by atoms with E-state index in [-0.39, 0.29) is 5.82 Å². The van der Waals surface area contributed by atoms with Crippen molar-refractivity contribution in [2.24, 2.45) is 0 Å². The maximum atomic E-state index is 13.9. The molecule has 98 valence electrons. The molecule has 1 saturated carbocycles. The fourth-order valence-electron chi connectivity index (χ4n) is 3.64. The molecule has 1 fully saturated rings. The average molecular weight is 249 g/mol. The Bertz CT molecular complexity index is 460. The molecule has 1 aromatic carbocycles. The Balaban J connectivity index is 2.06. The number of anilines is 1. The highest BCUT2D eigenvalue weighted by atomic mass is 19.1. The van der Waals surface area contributed by atoms with Gasteiger partial charge in [0.2, 0.25) is 0 Å². The number of benzene rings is 1. The van der Waals surface area contributed by atoms with Crippen molar-refractivity contribution < 1.29 is 9.13 Å². The van der Waals surface area contributed by atoms with Gasteiger partial charge in [-0.05, 0) is 30.9 Å². The van der Waals surface area contributed by atoms with Gasteiger partial charge in [0.25, 0.3) is 0 Å². The van der Waals surface area contributed by atoms with Crippen molar-refractivity contribution in [2.45, 2.75) is 44.6 Å². The van der Waals surface area contributed by atoms with Crippen LogP contribution in [0, 0.1) is 5.82 Å². The van der Waals surface area contributed by atoms with Gasteiger partial charge in [0.1, 0.15) is 0 Å². The summed E-state index contributed by atoms with van der Waals surface area (Å²) in [5, 5.41) is 0. The molecule has 2 aliphatic rings. The van der Waals surface area contributed by atoms with Crippen molar-refractivity contribution in [3.8, 4) is 5.75 Å². The van der Waals surface area contributed by atoms with E-state index in [1.54, 1.807) is 6.07 Å². The maximum absolute atomic E-state index is 13.9. The van der Waals surface area contributed by atoms with E-state index in [0.717, 1.165) is 13.0 Å². The van der Waals surface area contributed by atoms with Gasteiger partial charge in [0.05, 0.1) is 7.11 Å². The molecule has 1 heterocycles. The van der Waals surface area contributed by atoms with Crippen molar-refractivity contribution >= 4 is 5.69 Å². The maximum Gasteiger partial charge on any atom is 0.165 e. The molecule has 0 saturated heterocycles. The zero-order valence-corrected chi connectivity index (χ0v) is 11.1. The molecule has 2 nitrogen and oxygen atoms in total. The van der Waals surface area contributed by atoms with Crippen LogP contribution in [0.2, 0.25) is 0 Å². The van der Waals surface area contributed by atoms with Crippen LogP contribution in [-0.2, 0) is 0 Å². The second-order valence-electron chi connectivity index (χ2n) is 5.34. The van der Waals surface area contributed by atoms with Crippen LogP contribution in [0.3, 0.4) is 0 Å². The molecule has 0 spiro atoms. The molecule has 0 aromatic heterocycles. The number of methoxy groups -OCH3 is 1. The minimum atomic E-state index is -0.222. The Hall–Kier alpha value is -1.25. The van der Waals surface area contributed by atoms with Gasteiger partial charge >= 0.3 is 0 Å². The van der Waals surface area contributed by atoms with Crippen LogP contribution in [0.4, 0.5) is 10.1 Å². The third-order valence-electron chi connectivity index (χ3n) is 4.35. The van der Waals surface area contributed by atoms with E-state index in [2.05, 4.69) is 11.8 Å². The van der Waals surface area contributed by atoms with E-state index in [1.165, 1.54) is 37.6 Å². The van der Waals surface area contributed by atoms with E-state index in [0.29, 0.717) is 17.7 Å². The lowest BCUT2D eigenvalue weighted by Gasteiger charge is -2.26. The van der Waals surface area contributed by atoms with E-state index in [9.17, 15) is 4.39 Å². The van der Waals surface area contributed by atoms with Crippen LogP contribution < -0.4 is 9.64 Å². The molecule has 2 atom stereocenters. The second kappa shape index (κ2) is 4.45. The van der Waals surface area contributed by atoms with Crippen molar-refractivity contribution in [2.75, 3.05) is 18.6 Å². The number of hydrogen-bond acceptors (Lipinski definition) is 2. The Labute approximate surface area is 108 Å². The lowest BCUT2D eigenvalue weighted by Crippen LogP contribution is -2.31. The van der Waals surface area contributed by atoms with Gasteiger partial charge in [-0.25, -0.2) is 4.39 Å². The molecule has 0 amide bonds. The molecule has 1 aliphatic carbocycles. The van der Waals surface area contributed by atoms with Crippen LogP contribution in [0.5, 0.6) is 5.75 Å². The molecule has 0 radical (unpaired) electrons. The van der Waals surface area contributed by atoms with Crippen LogP contribution in [0.1, 0.15) is 44.1 Å². The highest BCUT2D eigenvalue weighted by Crippen LogP contribution is 2.50. The first-order valence-corrected chi connectivity index (χ1v) is 6.90. The van der Waals surface area contributed by atoms with Gasteiger partial charge < -0.3 is 9.64 Å². The summed E-state index contributed by atoms with van der Waals surface area (Å²) < 4.78 is 19.0. The van der Waals surface area contributed by atoms with Gasteiger partial charge in [-0.1, -0.05) is 13.3 Å². The zero-order chi connectivity index (χ0) is 12.7. The monoisotopic (exact) mass is 249 g/mol. The summed E-state index contributed by atoms with van der Waals surface area (Å²) in [6, 6.07) is 4.18. The summed E-state index contributed by atoms with van der Waals surface area (Å²) in [6.07, 6.45) is 4.83. The van der Waals surface area contributed by atoms with Gasteiger partial charge in [-0.2, -0.15) is 0 Å². The van der Waals surface area contributed by atoms with Crippen molar-refractivity contribution in [1.29, 1.82) is 0 Å². The number of fused-ring (bicyclic) bond motifs is 3. The lowest BCUT2D eigenvalue weighted by molar-refractivity contribution is 0.386. The second-order valence-corrected chi connectivity index (χ2v) is 5.34. The van der Waals surface area contributed by atoms with Gasteiger partial charge in [-0.3, -0.25) is 0 Å². The van der Waals surface area contributed by atoms with Crippen LogP contribution in [-0.4, -0.2) is 19.7 Å². The Kier molecular flexibility index (Phi) is 2.92. The van der Waals surface area contributed by atoms with Crippen LogP contribution in [0.25, 0.3) is 0 Å². The number of ether oxygens (including phenoxy) is 1. The largest absolute Gasteiger partial charge is 0.494 e. The SMILES string of the molecule is CCCN1c2cc(OC)c(F)cc2[C@H]2CCCC21. The average Bonchev–Trinajstić information content (AvgIpc) is 2.93. The molecule has 1 aromatic rings. The minimum Gasteiger partial charge on any atom is -0.494 e. The molecule has 0 bridgehead atoms. The van der Waals surface area contributed by atoms with E-state index in [4.69, 9.17) is 4.74 Å². The summed E-state index contributed by atoms with van der Waals surface area (Å²) >= 11 is 0. The van der Waals surface area contributed by atoms with E-state index in [1.807, 2.05) is 6.07 Å². The number of hydrogen-bond donors (Lipinski definition) is 0. The zero-order valence-electron chi connectivity index (χ0n) is 11.1. The fourth-order valence-corrected chi connectivity index (χ4v) is 3.64. The van der Waals surface area contributed by atoms with Gasteiger partial charge in [-0.15, -0.1) is 0 Å². The third kappa shape index (κ3) is 1.60. The number of rotatable bonds is 3. The molecule has 1 unspecified atom stereocenters. The van der Waals surface area contributed by atoms with Crippen molar-refractivity contribution in [1.82, 2.24) is 0 Å². The lowest BCUT2D eigenvalue weighted by atomic mass is 9.97. The fraction of sp³-hybridized carbons (Fsp3) is 0.600. The molecule has 3 rings (SSSR count). The Morgan fingerprint density at radius 2 is 2.22 bits per heavy atom. The van der Waals surface area contributed by atoms with E-state index < -0.39 is 0 Å². The molecule has 1 aliphatic heterocycles. The summed E-state index contributed by atoms with van der Waals surface area (Å²) in [4.78, 5) is 2.47. The highest BCUT2D eigenvalue weighted by molar-refractivity contribution is 5.65. The number of nitrogens with zero attached hydrogens (tertiary/aromatic N) is 1. The van der Waals surface area contributed by atoms with Crippen LogP contribution in [0.15, 0.2) is 12.1 Å². The minimum absolute atomic E-state index is 0.222. The predicted octanol–water partition coefficient (Wildman–Crippen LogP) is 3.70. The Morgan fingerprint density at radius 3 is 2.94 bits per heavy atom. The topological polar surface area (TPSA) is 12.5 Å². The smallest absolute Gasteiger partial charge is 0.165 e. The normalized spacial score (nSPS) is 25.2. The highest BCUT2D eigenvalue weighted by Gasteiger charge is 2.41. The molecular weight excluding hydrogens is 229 g/mol. The first-order valence-electron chi connectivity index (χ1n) is 6.90. The first kappa shape index (κ1) is 11.8.